The fourth-order valence-electron chi connectivity index (χ4n) is 1.14. The molecule has 4 nitrogen and oxygen atoms in total. The van der Waals surface area contributed by atoms with Gasteiger partial charge in [-0.05, 0) is 6.92 Å². The average Bonchev–Trinajstić information content (AvgIpc) is 2.16. The van der Waals surface area contributed by atoms with Crippen molar-refractivity contribution in [3.63, 3.8) is 0 Å². The Morgan fingerprint density at radius 1 is 1.38 bits per heavy atom. The topological polar surface area (TPSA) is 57.4 Å². The highest BCUT2D eigenvalue weighted by Gasteiger charge is 2.13. The molecule has 1 unspecified atom stereocenters. The second-order valence-electron chi connectivity index (χ2n) is 2.72. The molecule has 1 rings (SSSR count). The predicted octanol–water partition coefficient (Wildman–Crippen LogP) is 1.12. The maximum Gasteiger partial charge on any atom is 0.183 e. The number of nitrogens with zero attached hydrogens (tertiary/aromatic N) is 1. The maximum atomic E-state index is 5.72. The van der Waals surface area contributed by atoms with Crippen LogP contribution in [-0.4, -0.2) is 19.2 Å². The molecule has 0 amide bonds. The van der Waals surface area contributed by atoms with E-state index in [1.54, 1.807) is 26.5 Å². The van der Waals surface area contributed by atoms with E-state index in [2.05, 4.69) is 4.98 Å². The second-order valence-corrected chi connectivity index (χ2v) is 2.72. The van der Waals surface area contributed by atoms with Crippen molar-refractivity contribution >= 4 is 0 Å². The van der Waals surface area contributed by atoms with E-state index < -0.39 is 0 Å². The second kappa shape index (κ2) is 4.09. The molecule has 0 fully saturated rings. The largest absolute Gasteiger partial charge is 0.493 e. The highest BCUT2D eigenvalue weighted by molar-refractivity contribution is 5.43. The zero-order valence-electron chi connectivity index (χ0n) is 8.07. The Balaban J connectivity index is 3.19. The first-order valence-corrected chi connectivity index (χ1v) is 4.03. The van der Waals surface area contributed by atoms with Crippen molar-refractivity contribution in [2.75, 3.05) is 14.2 Å². The monoisotopic (exact) mass is 182 g/mol. The first kappa shape index (κ1) is 9.80. The normalized spacial score (nSPS) is 12.3. The molecule has 1 aromatic heterocycles. The van der Waals surface area contributed by atoms with E-state index >= 15 is 0 Å². The molecule has 0 saturated carbocycles. The van der Waals surface area contributed by atoms with Gasteiger partial charge in [0, 0.05) is 18.3 Å². The fourth-order valence-corrected chi connectivity index (χ4v) is 1.14. The molecule has 2 N–H and O–H groups in total. The standard InChI is InChI=1S/C9H14N2O2/c1-6(10)8-9(13-3)7(12-2)4-5-11-8/h4-6H,10H2,1-3H3. The third-order valence-corrected chi connectivity index (χ3v) is 1.75. The summed E-state index contributed by atoms with van der Waals surface area (Å²) in [6, 6.07) is 1.58. The van der Waals surface area contributed by atoms with Crippen molar-refractivity contribution in [1.82, 2.24) is 4.98 Å². The van der Waals surface area contributed by atoms with Crippen LogP contribution < -0.4 is 15.2 Å². The number of aromatic nitrogens is 1. The molecule has 0 saturated heterocycles. The number of hydrogen-bond acceptors (Lipinski definition) is 4. The van der Waals surface area contributed by atoms with Gasteiger partial charge in [-0.1, -0.05) is 0 Å². The molecule has 0 radical (unpaired) electrons. The van der Waals surface area contributed by atoms with Crippen molar-refractivity contribution in [3.8, 4) is 11.5 Å². The fraction of sp³-hybridized carbons (Fsp3) is 0.444. The number of ether oxygens (including phenoxy) is 2. The van der Waals surface area contributed by atoms with Crippen molar-refractivity contribution in [2.45, 2.75) is 13.0 Å². The van der Waals surface area contributed by atoms with Crippen LogP contribution in [0, 0.1) is 0 Å². The highest BCUT2D eigenvalue weighted by atomic mass is 16.5. The molecule has 1 aromatic rings. The minimum Gasteiger partial charge on any atom is -0.493 e. The van der Waals surface area contributed by atoms with Crippen LogP contribution in [0.2, 0.25) is 0 Å². The number of hydrogen-bond donors (Lipinski definition) is 1. The highest BCUT2D eigenvalue weighted by Crippen LogP contribution is 2.31. The van der Waals surface area contributed by atoms with Gasteiger partial charge in [0.2, 0.25) is 0 Å². The lowest BCUT2D eigenvalue weighted by Gasteiger charge is -2.13. The van der Waals surface area contributed by atoms with E-state index in [0.717, 1.165) is 0 Å². The Morgan fingerprint density at radius 2 is 2.08 bits per heavy atom. The van der Waals surface area contributed by atoms with Crippen LogP contribution in [0.15, 0.2) is 12.3 Å². The minimum atomic E-state index is -0.162. The van der Waals surface area contributed by atoms with E-state index in [4.69, 9.17) is 15.2 Å². The lowest BCUT2D eigenvalue weighted by Crippen LogP contribution is -2.09. The van der Waals surface area contributed by atoms with Crippen LogP contribution in [0.3, 0.4) is 0 Å². The summed E-state index contributed by atoms with van der Waals surface area (Å²) in [7, 11) is 3.16. The molecule has 4 heteroatoms. The number of pyridine rings is 1. The predicted molar refractivity (Wildman–Crippen MR) is 49.9 cm³/mol. The van der Waals surface area contributed by atoms with Gasteiger partial charge in [0.1, 0.15) is 5.69 Å². The van der Waals surface area contributed by atoms with Gasteiger partial charge in [0.25, 0.3) is 0 Å². The summed E-state index contributed by atoms with van der Waals surface area (Å²) in [4.78, 5) is 4.13. The molecule has 72 valence electrons. The van der Waals surface area contributed by atoms with E-state index in [1.165, 1.54) is 0 Å². The van der Waals surface area contributed by atoms with Crippen LogP contribution in [-0.2, 0) is 0 Å². The molecule has 0 aliphatic carbocycles. The first-order chi connectivity index (χ1) is 6.20. The lowest BCUT2D eigenvalue weighted by molar-refractivity contribution is 0.347. The van der Waals surface area contributed by atoms with Gasteiger partial charge in [-0.25, -0.2) is 0 Å². The molecule has 0 aliphatic rings. The SMILES string of the molecule is COc1ccnc(C(C)N)c1OC. The summed E-state index contributed by atoms with van der Waals surface area (Å²) < 4.78 is 10.3. The Kier molecular flexibility index (Phi) is 3.08. The summed E-state index contributed by atoms with van der Waals surface area (Å²) in [6.45, 7) is 1.85. The molecular weight excluding hydrogens is 168 g/mol. The zero-order chi connectivity index (χ0) is 9.84. The summed E-state index contributed by atoms with van der Waals surface area (Å²) >= 11 is 0. The summed E-state index contributed by atoms with van der Waals surface area (Å²) in [5.41, 5.74) is 6.43. The lowest BCUT2D eigenvalue weighted by atomic mass is 10.2. The maximum absolute atomic E-state index is 5.72. The van der Waals surface area contributed by atoms with E-state index in [1.807, 2.05) is 6.92 Å². The summed E-state index contributed by atoms with van der Waals surface area (Å²) in [6.07, 6.45) is 1.65. The van der Waals surface area contributed by atoms with Gasteiger partial charge >= 0.3 is 0 Å². The van der Waals surface area contributed by atoms with Crippen molar-refractivity contribution in [1.29, 1.82) is 0 Å². The third kappa shape index (κ3) is 1.89. The van der Waals surface area contributed by atoms with Gasteiger partial charge in [0.05, 0.1) is 14.2 Å². The average molecular weight is 182 g/mol. The zero-order valence-corrected chi connectivity index (χ0v) is 8.07. The number of rotatable bonds is 3. The third-order valence-electron chi connectivity index (χ3n) is 1.75. The Hall–Kier alpha value is -1.29. The van der Waals surface area contributed by atoms with Crippen molar-refractivity contribution in [2.24, 2.45) is 5.73 Å². The van der Waals surface area contributed by atoms with E-state index in [0.29, 0.717) is 17.2 Å². The molecule has 1 atom stereocenters. The van der Waals surface area contributed by atoms with Gasteiger partial charge in [-0.15, -0.1) is 0 Å². The molecule has 1 heterocycles. The summed E-state index contributed by atoms with van der Waals surface area (Å²) in [5, 5.41) is 0. The molecule has 0 aliphatic heterocycles. The molecular formula is C9H14N2O2. The van der Waals surface area contributed by atoms with E-state index in [9.17, 15) is 0 Å². The van der Waals surface area contributed by atoms with Gasteiger partial charge in [-0.3, -0.25) is 4.98 Å². The minimum absolute atomic E-state index is 0.162. The van der Waals surface area contributed by atoms with Crippen LogP contribution in [0.25, 0.3) is 0 Å². The Labute approximate surface area is 77.7 Å². The quantitative estimate of drug-likeness (QED) is 0.761. The first-order valence-electron chi connectivity index (χ1n) is 4.03. The van der Waals surface area contributed by atoms with Crippen molar-refractivity contribution < 1.29 is 9.47 Å². The smallest absolute Gasteiger partial charge is 0.183 e. The van der Waals surface area contributed by atoms with Crippen LogP contribution in [0.4, 0.5) is 0 Å². The Morgan fingerprint density at radius 3 is 2.54 bits per heavy atom. The van der Waals surface area contributed by atoms with E-state index in [-0.39, 0.29) is 6.04 Å². The molecule has 0 aromatic carbocycles. The van der Waals surface area contributed by atoms with Gasteiger partial charge < -0.3 is 15.2 Å². The van der Waals surface area contributed by atoms with Gasteiger partial charge in [-0.2, -0.15) is 0 Å². The van der Waals surface area contributed by atoms with Crippen LogP contribution in [0.1, 0.15) is 18.7 Å². The summed E-state index contributed by atoms with van der Waals surface area (Å²) in [5.74, 6) is 1.27. The van der Waals surface area contributed by atoms with Crippen molar-refractivity contribution in [3.05, 3.63) is 18.0 Å². The molecule has 13 heavy (non-hydrogen) atoms. The molecule has 0 spiro atoms. The van der Waals surface area contributed by atoms with Crippen LogP contribution in [0.5, 0.6) is 11.5 Å². The Bertz CT molecular complexity index is 287. The number of nitrogens with two attached hydrogens (primary N) is 1. The van der Waals surface area contributed by atoms with Gasteiger partial charge in [0.15, 0.2) is 11.5 Å². The number of methoxy groups -OCH3 is 2. The van der Waals surface area contributed by atoms with Crippen LogP contribution >= 0.6 is 0 Å². The molecule has 0 bridgehead atoms.